The molecule has 0 unspecified atom stereocenters. The van der Waals surface area contributed by atoms with E-state index in [1.165, 1.54) is 33.2 Å². The van der Waals surface area contributed by atoms with Gasteiger partial charge < -0.3 is 4.74 Å². The van der Waals surface area contributed by atoms with Crippen LogP contribution in [0.4, 0.5) is 11.5 Å². The minimum Gasteiger partial charge on any atom is -0.497 e. The minimum absolute atomic E-state index is 0.888. The van der Waals surface area contributed by atoms with Gasteiger partial charge in [-0.3, -0.25) is 0 Å². The number of pyridine rings is 1. The largest absolute Gasteiger partial charge is 0.497 e. The van der Waals surface area contributed by atoms with Crippen LogP contribution in [0, 0.1) is 0 Å². The Kier molecular flexibility index (Phi) is 3.14. The summed E-state index contributed by atoms with van der Waals surface area (Å²) in [5.74, 6) is 2.17. The zero-order valence-corrected chi connectivity index (χ0v) is 14.1. The molecule has 3 aromatic carbocycles. The molecule has 4 aromatic rings. The molecule has 3 heteroatoms. The highest BCUT2D eigenvalue weighted by Crippen LogP contribution is 2.36. The molecule has 0 N–H and O–H groups in total. The van der Waals surface area contributed by atoms with Gasteiger partial charge in [0.05, 0.1) is 12.5 Å². The van der Waals surface area contributed by atoms with E-state index in [1.54, 1.807) is 7.11 Å². The molecule has 0 saturated carbocycles. The highest BCUT2D eigenvalue weighted by atomic mass is 16.5. The Hall–Kier alpha value is -3.07. The number of hydrogen-bond acceptors (Lipinski definition) is 2. The fourth-order valence-corrected chi connectivity index (χ4v) is 3.95. The Morgan fingerprint density at radius 2 is 1.48 bits per heavy atom. The summed E-state index contributed by atoms with van der Waals surface area (Å²) in [6.45, 7) is 1.97. The number of nitrogens with zero attached hydrogens (tertiary/aromatic N) is 2. The van der Waals surface area contributed by atoms with E-state index in [1.807, 2.05) is 12.1 Å². The number of para-hydroxylation sites is 1. The first kappa shape index (κ1) is 14.3. The number of aromatic nitrogens is 1. The van der Waals surface area contributed by atoms with Crippen LogP contribution >= 0.6 is 0 Å². The molecule has 0 amide bonds. The smallest absolute Gasteiger partial charge is 0.290 e. The van der Waals surface area contributed by atoms with E-state index in [9.17, 15) is 0 Å². The molecule has 0 radical (unpaired) electrons. The Balaban J connectivity index is 1.80. The van der Waals surface area contributed by atoms with Gasteiger partial charge >= 0.3 is 0 Å². The Morgan fingerprint density at radius 3 is 2.24 bits per heavy atom. The molecule has 0 fully saturated rings. The van der Waals surface area contributed by atoms with Gasteiger partial charge in [0.25, 0.3) is 5.82 Å². The lowest BCUT2D eigenvalue weighted by atomic mass is 10.1. The van der Waals surface area contributed by atoms with E-state index < -0.39 is 0 Å². The van der Waals surface area contributed by atoms with Gasteiger partial charge in [0.1, 0.15) is 30.0 Å². The zero-order chi connectivity index (χ0) is 16.8. The second-order valence-corrected chi connectivity index (χ2v) is 6.39. The molecular formula is C22H19N2O+. The van der Waals surface area contributed by atoms with Gasteiger partial charge in [0.15, 0.2) is 0 Å². The monoisotopic (exact) mass is 327 g/mol. The molecule has 1 aliphatic heterocycles. The van der Waals surface area contributed by atoms with Gasteiger partial charge in [-0.05, 0) is 36.4 Å². The summed E-state index contributed by atoms with van der Waals surface area (Å²) in [5, 5.41) is 3.93. The summed E-state index contributed by atoms with van der Waals surface area (Å²) in [7, 11) is 1.70. The summed E-state index contributed by atoms with van der Waals surface area (Å²) in [6, 6.07) is 25.7. The fraction of sp³-hybridized carbons (Fsp3) is 0.136. The van der Waals surface area contributed by atoms with Crippen molar-refractivity contribution < 1.29 is 9.30 Å². The molecule has 5 rings (SSSR count). The average Bonchev–Trinajstić information content (AvgIpc) is 3.14. The van der Waals surface area contributed by atoms with Gasteiger partial charge in [-0.15, -0.1) is 0 Å². The number of methoxy groups -OCH3 is 1. The van der Waals surface area contributed by atoms with E-state index in [0.29, 0.717) is 0 Å². The van der Waals surface area contributed by atoms with Gasteiger partial charge in [0, 0.05) is 10.8 Å². The van der Waals surface area contributed by atoms with Crippen molar-refractivity contribution >= 4 is 33.2 Å². The van der Waals surface area contributed by atoms with Crippen LogP contribution in [0.3, 0.4) is 0 Å². The van der Waals surface area contributed by atoms with Crippen LogP contribution in [-0.2, 0) is 6.54 Å². The second-order valence-electron chi connectivity index (χ2n) is 6.39. The van der Waals surface area contributed by atoms with Crippen LogP contribution < -0.4 is 14.2 Å². The third-order valence-corrected chi connectivity index (χ3v) is 5.10. The maximum Gasteiger partial charge on any atom is 0.290 e. The van der Waals surface area contributed by atoms with Crippen molar-refractivity contribution in [1.82, 2.24) is 0 Å². The zero-order valence-electron chi connectivity index (χ0n) is 14.1. The van der Waals surface area contributed by atoms with Gasteiger partial charge in [-0.2, -0.15) is 0 Å². The Morgan fingerprint density at radius 1 is 0.800 bits per heavy atom. The number of rotatable bonds is 2. The van der Waals surface area contributed by atoms with E-state index in [4.69, 9.17) is 4.74 Å². The third-order valence-electron chi connectivity index (χ3n) is 5.10. The lowest BCUT2D eigenvalue weighted by Gasteiger charge is -2.14. The fourth-order valence-electron chi connectivity index (χ4n) is 3.95. The Bertz CT molecular complexity index is 1090. The molecule has 0 atom stereocenters. The first-order valence-corrected chi connectivity index (χ1v) is 8.62. The second kappa shape index (κ2) is 5.49. The highest BCUT2D eigenvalue weighted by Gasteiger charge is 2.33. The van der Waals surface area contributed by atoms with Crippen molar-refractivity contribution in [2.45, 2.75) is 6.54 Å². The van der Waals surface area contributed by atoms with Crippen molar-refractivity contribution in [2.75, 3.05) is 18.6 Å². The number of fused-ring (bicyclic) bond motifs is 6. The standard InChI is InChI=1S/C22H19N2O/c1-25-17-12-10-16(11-13-17)23-14-15-24-21-9-5-4-7-19(21)18-6-2-3-8-20(18)22(23)24/h2-13H,14-15H2,1H3/q+1. The summed E-state index contributed by atoms with van der Waals surface area (Å²) in [5.41, 5.74) is 2.50. The van der Waals surface area contributed by atoms with E-state index in [0.717, 1.165) is 18.8 Å². The molecule has 0 spiro atoms. The summed E-state index contributed by atoms with van der Waals surface area (Å²) in [4.78, 5) is 2.41. The summed E-state index contributed by atoms with van der Waals surface area (Å²) < 4.78 is 7.75. The molecule has 25 heavy (non-hydrogen) atoms. The lowest BCUT2D eigenvalue weighted by Crippen LogP contribution is -2.32. The summed E-state index contributed by atoms with van der Waals surface area (Å²) in [6.07, 6.45) is 0. The van der Waals surface area contributed by atoms with Crippen LogP contribution in [0.2, 0.25) is 0 Å². The molecule has 3 nitrogen and oxygen atoms in total. The van der Waals surface area contributed by atoms with E-state index in [2.05, 4.69) is 70.1 Å². The third kappa shape index (κ3) is 2.09. The predicted molar refractivity (Wildman–Crippen MR) is 102 cm³/mol. The number of anilines is 2. The molecule has 2 heterocycles. The molecule has 1 aliphatic rings. The first-order valence-electron chi connectivity index (χ1n) is 8.62. The highest BCUT2D eigenvalue weighted by molar-refractivity contribution is 6.08. The molecule has 0 aliphatic carbocycles. The first-order chi connectivity index (χ1) is 12.4. The minimum atomic E-state index is 0.888. The van der Waals surface area contributed by atoms with Crippen molar-refractivity contribution in [2.24, 2.45) is 0 Å². The predicted octanol–water partition coefficient (Wildman–Crippen LogP) is 4.44. The van der Waals surface area contributed by atoms with Gasteiger partial charge in [-0.1, -0.05) is 36.4 Å². The number of ether oxygens (including phenoxy) is 1. The van der Waals surface area contributed by atoms with Crippen molar-refractivity contribution in [3.05, 3.63) is 72.8 Å². The van der Waals surface area contributed by atoms with Gasteiger partial charge in [0.2, 0.25) is 0 Å². The van der Waals surface area contributed by atoms with Crippen molar-refractivity contribution in [3.63, 3.8) is 0 Å². The van der Waals surface area contributed by atoms with Crippen LogP contribution in [0.1, 0.15) is 0 Å². The average molecular weight is 327 g/mol. The normalized spacial score (nSPS) is 13.4. The molecule has 1 aromatic heterocycles. The van der Waals surface area contributed by atoms with Crippen LogP contribution in [0.25, 0.3) is 21.7 Å². The number of hydrogen-bond donors (Lipinski definition) is 0. The maximum absolute atomic E-state index is 5.31. The van der Waals surface area contributed by atoms with Crippen LogP contribution in [0.15, 0.2) is 72.8 Å². The topological polar surface area (TPSA) is 16.4 Å². The molecule has 0 saturated heterocycles. The van der Waals surface area contributed by atoms with Crippen LogP contribution in [0.5, 0.6) is 5.75 Å². The van der Waals surface area contributed by atoms with Gasteiger partial charge in [-0.25, -0.2) is 9.47 Å². The quantitative estimate of drug-likeness (QED) is 0.400. The van der Waals surface area contributed by atoms with Crippen LogP contribution in [-0.4, -0.2) is 13.7 Å². The lowest BCUT2D eigenvalue weighted by molar-refractivity contribution is -0.643. The number of benzene rings is 3. The van der Waals surface area contributed by atoms with E-state index in [-0.39, 0.29) is 0 Å². The van der Waals surface area contributed by atoms with E-state index >= 15 is 0 Å². The SMILES string of the molecule is COc1ccc(N2CC[n+]3c2c2ccccc2c2ccccc23)cc1. The Labute approximate surface area is 146 Å². The van der Waals surface area contributed by atoms with Crippen molar-refractivity contribution in [1.29, 1.82) is 0 Å². The maximum atomic E-state index is 5.31. The molecule has 122 valence electrons. The molecular weight excluding hydrogens is 308 g/mol. The molecule has 0 bridgehead atoms. The van der Waals surface area contributed by atoms with Crippen molar-refractivity contribution in [3.8, 4) is 5.75 Å². The summed E-state index contributed by atoms with van der Waals surface area (Å²) >= 11 is 0.